The third kappa shape index (κ3) is 3.76. The van der Waals surface area contributed by atoms with Gasteiger partial charge in [-0.15, -0.1) is 5.10 Å². The highest BCUT2D eigenvalue weighted by atomic mass is 19.1. The smallest absolute Gasteiger partial charge is 0.259 e. The summed E-state index contributed by atoms with van der Waals surface area (Å²) in [5.74, 6) is 0.510. The van der Waals surface area contributed by atoms with Crippen molar-refractivity contribution in [2.45, 2.75) is 43.9 Å². The van der Waals surface area contributed by atoms with Crippen LogP contribution in [0.4, 0.5) is 20.7 Å². The van der Waals surface area contributed by atoms with Gasteiger partial charge in [-0.3, -0.25) is 9.69 Å². The van der Waals surface area contributed by atoms with Gasteiger partial charge in [0.05, 0.1) is 6.26 Å². The van der Waals surface area contributed by atoms with Gasteiger partial charge in [0.2, 0.25) is 23.6 Å². The second-order valence-corrected chi connectivity index (χ2v) is 10.1. The van der Waals surface area contributed by atoms with E-state index in [1.54, 1.807) is 12.1 Å². The molecule has 196 valence electrons. The SMILES string of the molecule is Nc1nc(N2CCCC2C(=O)N2C[C@@H]3C[C@H]2CN3Cc2ccc(F)cc2F)nc2nc(-c3ccco3)nn12. The maximum atomic E-state index is 14.2. The highest BCUT2D eigenvalue weighted by Crippen LogP contribution is 2.35. The van der Waals surface area contributed by atoms with Gasteiger partial charge < -0.3 is 20.0 Å². The molecular weight excluding hydrogens is 496 g/mol. The van der Waals surface area contributed by atoms with Gasteiger partial charge in [0, 0.05) is 49.9 Å². The largest absolute Gasteiger partial charge is 0.461 e. The van der Waals surface area contributed by atoms with Crippen molar-refractivity contribution < 1.29 is 18.0 Å². The van der Waals surface area contributed by atoms with Crippen LogP contribution >= 0.6 is 0 Å². The summed E-state index contributed by atoms with van der Waals surface area (Å²) >= 11 is 0. The first-order chi connectivity index (χ1) is 18.4. The Morgan fingerprint density at radius 3 is 2.79 bits per heavy atom. The summed E-state index contributed by atoms with van der Waals surface area (Å²) < 4.78 is 34.2. The third-order valence-corrected chi connectivity index (χ3v) is 7.78. The number of hydrogen-bond acceptors (Lipinski definition) is 9. The van der Waals surface area contributed by atoms with Crippen molar-refractivity contribution in [1.29, 1.82) is 0 Å². The average molecular weight is 522 g/mol. The number of furan rings is 1. The Labute approximate surface area is 215 Å². The fourth-order valence-corrected chi connectivity index (χ4v) is 5.97. The number of carbonyl (C=O) groups is 1. The fourth-order valence-electron chi connectivity index (χ4n) is 5.97. The van der Waals surface area contributed by atoms with Crippen molar-refractivity contribution >= 4 is 23.6 Å². The van der Waals surface area contributed by atoms with Crippen molar-refractivity contribution in [3.8, 4) is 11.6 Å². The molecule has 0 aliphatic carbocycles. The highest BCUT2D eigenvalue weighted by Gasteiger charge is 2.48. The van der Waals surface area contributed by atoms with Crippen LogP contribution in [0.5, 0.6) is 0 Å². The zero-order valence-electron chi connectivity index (χ0n) is 20.4. The Morgan fingerprint density at radius 2 is 2.03 bits per heavy atom. The van der Waals surface area contributed by atoms with Crippen LogP contribution in [0.3, 0.4) is 0 Å². The first-order valence-electron chi connectivity index (χ1n) is 12.6. The number of rotatable bonds is 5. The van der Waals surface area contributed by atoms with Gasteiger partial charge >= 0.3 is 0 Å². The van der Waals surface area contributed by atoms with E-state index in [-0.39, 0.29) is 29.7 Å². The molecule has 13 heteroatoms. The molecule has 2 N–H and O–H groups in total. The molecule has 4 aromatic rings. The third-order valence-electron chi connectivity index (χ3n) is 7.78. The lowest BCUT2D eigenvalue weighted by Crippen LogP contribution is -2.53. The average Bonchev–Trinajstić information content (AvgIpc) is 3.72. The number of hydrogen-bond donors (Lipinski definition) is 1. The molecule has 1 aromatic carbocycles. The normalized spacial score (nSPS) is 23.3. The van der Waals surface area contributed by atoms with Gasteiger partial charge in [-0.05, 0) is 37.5 Å². The van der Waals surface area contributed by atoms with Gasteiger partial charge in [0.15, 0.2) is 5.76 Å². The lowest BCUT2D eigenvalue weighted by Gasteiger charge is -2.37. The van der Waals surface area contributed by atoms with E-state index in [4.69, 9.17) is 10.2 Å². The number of benzene rings is 1. The van der Waals surface area contributed by atoms with E-state index in [1.807, 2.05) is 9.80 Å². The number of nitrogen functional groups attached to an aromatic ring is 1. The molecule has 0 spiro atoms. The summed E-state index contributed by atoms with van der Waals surface area (Å²) in [4.78, 5) is 33.2. The molecule has 3 aliphatic rings. The Bertz CT molecular complexity index is 1520. The number of aromatic nitrogens is 5. The quantitative estimate of drug-likeness (QED) is 0.421. The van der Waals surface area contributed by atoms with Crippen LogP contribution in [-0.2, 0) is 11.3 Å². The minimum atomic E-state index is -0.584. The summed E-state index contributed by atoms with van der Waals surface area (Å²) in [6, 6.07) is 6.97. The number of carbonyl (C=O) groups excluding carboxylic acids is 1. The molecule has 11 nitrogen and oxygen atoms in total. The predicted molar refractivity (Wildman–Crippen MR) is 132 cm³/mol. The Hall–Kier alpha value is -4.13. The molecule has 3 saturated heterocycles. The van der Waals surface area contributed by atoms with E-state index in [9.17, 15) is 13.6 Å². The van der Waals surface area contributed by atoms with Gasteiger partial charge in [-0.2, -0.15) is 19.5 Å². The van der Waals surface area contributed by atoms with E-state index in [1.165, 1.54) is 22.9 Å². The van der Waals surface area contributed by atoms with Crippen LogP contribution in [0.2, 0.25) is 0 Å². The zero-order chi connectivity index (χ0) is 26.0. The Morgan fingerprint density at radius 1 is 1.13 bits per heavy atom. The molecule has 0 radical (unpaired) electrons. The van der Waals surface area contributed by atoms with Crippen LogP contribution in [0.25, 0.3) is 17.4 Å². The minimum absolute atomic E-state index is 0.0439. The number of halogens is 2. The monoisotopic (exact) mass is 521 g/mol. The second kappa shape index (κ2) is 8.72. The number of likely N-dealkylation sites (tertiary alicyclic amines) is 2. The Balaban J connectivity index is 1.08. The standard InChI is InChI=1S/C25H25F2N9O2/c26-15-6-5-14(18(27)9-15)11-33-12-17-10-16(33)13-35(17)22(37)19-3-1-7-34(19)24-30-23(28)36-25(31-24)29-21(32-36)20-4-2-8-38-20/h2,4-6,8-9,16-17,19H,1,3,7,10-13H2,(H2,28,29,30,31,32)/t16-,17-,19?/m0/s1. The number of anilines is 2. The number of nitrogens with two attached hydrogens (primary N) is 1. The summed E-state index contributed by atoms with van der Waals surface area (Å²) in [5.41, 5.74) is 6.65. The minimum Gasteiger partial charge on any atom is -0.461 e. The van der Waals surface area contributed by atoms with E-state index in [0.29, 0.717) is 55.7 Å². The van der Waals surface area contributed by atoms with Crippen molar-refractivity contribution in [2.24, 2.45) is 0 Å². The van der Waals surface area contributed by atoms with E-state index >= 15 is 0 Å². The number of piperazine rings is 1. The van der Waals surface area contributed by atoms with E-state index < -0.39 is 17.7 Å². The molecule has 3 aliphatic heterocycles. The summed E-state index contributed by atoms with van der Waals surface area (Å²) in [7, 11) is 0. The molecule has 0 saturated carbocycles. The van der Waals surface area contributed by atoms with E-state index in [0.717, 1.165) is 18.9 Å². The van der Waals surface area contributed by atoms with Gasteiger partial charge in [0.1, 0.15) is 17.7 Å². The zero-order valence-corrected chi connectivity index (χ0v) is 20.4. The fraction of sp³-hybridized carbons (Fsp3) is 0.400. The predicted octanol–water partition coefficient (Wildman–Crippen LogP) is 2.09. The lowest BCUT2D eigenvalue weighted by atomic mass is 10.1. The maximum absolute atomic E-state index is 14.2. The van der Waals surface area contributed by atoms with Crippen LogP contribution in [0, 0.1) is 11.6 Å². The van der Waals surface area contributed by atoms with Crippen molar-refractivity contribution in [1.82, 2.24) is 34.4 Å². The van der Waals surface area contributed by atoms with Crippen LogP contribution in [0.1, 0.15) is 24.8 Å². The lowest BCUT2D eigenvalue weighted by molar-refractivity contribution is -0.134. The molecule has 7 rings (SSSR count). The van der Waals surface area contributed by atoms with Gasteiger partial charge in [-0.1, -0.05) is 6.07 Å². The molecule has 38 heavy (non-hydrogen) atoms. The summed E-state index contributed by atoms with van der Waals surface area (Å²) in [6.07, 6.45) is 3.89. The topological polar surface area (TPSA) is 122 Å². The number of fused-ring (bicyclic) bond motifs is 3. The van der Waals surface area contributed by atoms with Crippen molar-refractivity contribution in [3.63, 3.8) is 0 Å². The first kappa shape index (κ1) is 23.0. The molecule has 3 atom stereocenters. The van der Waals surface area contributed by atoms with Crippen LogP contribution < -0.4 is 10.6 Å². The molecule has 1 unspecified atom stereocenters. The maximum Gasteiger partial charge on any atom is 0.259 e. The number of amides is 1. The molecule has 3 aromatic heterocycles. The summed E-state index contributed by atoms with van der Waals surface area (Å²) in [5, 5.41) is 4.33. The van der Waals surface area contributed by atoms with Crippen molar-refractivity contribution in [2.75, 3.05) is 30.3 Å². The molecular formula is C25H25F2N9O2. The highest BCUT2D eigenvalue weighted by molar-refractivity contribution is 5.86. The van der Waals surface area contributed by atoms with E-state index in [2.05, 4.69) is 25.0 Å². The first-order valence-corrected chi connectivity index (χ1v) is 12.6. The number of nitrogens with zero attached hydrogens (tertiary/aromatic N) is 8. The molecule has 2 bridgehead atoms. The molecule has 3 fully saturated rings. The van der Waals surface area contributed by atoms with Crippen molar-refractivity contribution in [3.05, 3.63) is 53.8 Å². The molecule has 1 amide bonds. The van der Waals surface area contributed by atoms with Crippen LogP contribution in [-0.4, -0.2) is 78.0 Å². The molecule has 6 heterocycles. The van der Waals surface area contributed by atoms with Crippen LogP contribution in [0.15, 0.2) is 41.0 Å². The summed E-state index contributed by atoms with van der Waals surface area (Å²) in [6.45, 7) is 2.26. The van der Waals surface area contributed by atoms with Gasteiger partial charge in [-0.25, -0.2) is 8.78 Å². The van der Waals surface area contributed by atoms with Gasteiger partial charge in [0.25, 0.3) is 5.78 Å². The second-order valence-electron chi connectivity index (χ2n) is 10.1. The Kier molecular flexibility index (Phi) is 5.28.